The number of thiazole rings is 1. The SMILES string of the molecule is Cc1nc(C(C)NC(=O)c2ccccc2SCC(N)=O)sc1C(=O)O. The van der Waals surface area contributed by atoms with E-state index in [4.69, 9.17) is 10.8 Å². The van der Waals surface area contributed by atoms with E-state index >= 15 is 0 Å². The van der Waals surface area contributed by atoms with Gasteiger partial charge in [-0.3, -0.25) is 9.59 Å². The van der Waals surface area contributed by atoms with Crippen LogP contribution in [0.15, 0.2) is 29.2 Å². The minimum absolute atomic E-state index is 0.0769. The summed E-state index contributed by atoms with van der Waals surface area (Å²) in [6.45, 7) is 3.36. The summed E-state index contributed by atoms with van der Waals surface area (Å²) in [5.41, 5.74) is 5.99. The van der Waals surface area contributed by atoms with E-state index in [1.807, 2.05) is 0 Å². The van der Waals surface area contributed by atoms with Crippen molar-refractivity contribution in [3.05, 3.63) is 45.4 Å². The van der Waals surface area contributed by atoms with E-state index in [0.29, 0.717) is 21.2 Å². The first-order valence-corrected chi connectivity index (χ1v) is 9.11. The summed E-state index contributed by atoms with van der Waals surface area (Å²) in [6.07, 6.45) is 0. The Bertz CT molecular complexity index is 819. The first kappa shape index (κ1) is 18.9. The Morgan fingerprint density at radius 2 is 2.04 bits per heavy atom. The lowest BCUT2D eigenvalue weighted by atomic mass is 10.2. The van der Waals surface area contributed by atoms with E-state index in [2.05, 4.69) is 10.3 Å². The fourth-order valence-electron chi connectivity index (χ4n) is 2.07. The van der Waals surface area contributed by atoms with Crippen molar-refractivity contribution in [2.45, 2.75) is 24.8 Å². The van der Waals surface area contributed by atoms with Crippen molar-refractivity contribution >= 4 is 40.9 Å². The van der Waals surface area contributed by atoms with Gasteiger partial charge in [-0.25, -0.2) is 9.78 Å². The second kappa shape index (κ2) is 8.13. The van der Waals surface area contributed by atoms with Crippen LogP contribution in [0.4, 0.5) is 0 Å². The van der Waals surface area contributed by atoms with Crippen LogP contribution in [0, 0.1) is 6.92 Å². The zero-order valence-electron chi connectivity index (χ0n) is 13.6. The van der Waals surface area contributed by atoms with E-state index in [-0.39, 0.29) is 16.5 Å². The predicted molar refractivity (Wildman–Crippen MR) is 96.1 cm³/mol. The monoisotopic (exact) mass is 379 g/mol. The molecule has 0 fully saturated rings. The number of benzene rings is 1. The predicted octanol–water partition coefficient (Wildman–Crippen LogP) is 2.22. The largest absolute Gasteiger partial charge is 0.477 e. The summed E-state index contributed by atoms with van der Waals surface area (Å²) in [7, 11) is 0. The topological polar surface area (TPSA) is 122 Å². The number of hydrogen-bond donors (Lipinski definition) is 3. The Morgan fingerprint density at radius 1 is 1.36 bits per heavy atom. The van der Waals surface area contributed by atoms with Crippen LogP contribution in [-0.4, -0.2) is 33.6 Å². The number of rotatable bonds is 7. The first-order chi connectivity index (χ1) is 11.8. The zero-order valence-corrected chi connectivity index (χ0v) is 15.2. The molecule has 9 heteroatoms. The van der Waals surface area contributed by atoms with Crippen molar-refractivity contribution in [3.63, 3.8) is 0 Å². The molecular weight excluding hydrogens is 362 g/mol. The lowest BCUT2D eigenvalue weighted by Crippen LogP contribution is -2.27. The van der Waals surface area contributed by atoms with Gasteiger partial charge in [0.25, 0.3) is 5.91 Å². The summed E-state index contributed by atoms with van der Waals surface area (Å²) in [6, 6.07) is 6.44. The Labute approximate surface area is 152 Å². The highest BCUT2D eigenvalue weighted by atomic mass is 32.2. The van der Waals surface area contributed by atoms with Gasteiger partial charge >= 0.3 is 5.97 Å². The quantitative estimate of drug-likeness (QED) is 0.634. The van der Waals surface area contributed by atoms with Crippen molar-refractivity contribution in [2.75, 3.05) is 5.75 Å². The second-order valence-electron chi connectivity index (χ2n) is 5.22. The number of carboxylic acids is 1. The number of aryl methyl sites for hydroxylation is 1. The molecule has 132 valence electrons. The molecule has 0 saturated carbocycles. The molecule has 2 aromatic rings. The normalized spacial score (nSPS) is 11.8. The number of aromatic carboxylic acids is 1. The van der Waals surface area contributed by atoms with Crippen LogP contribution < -0.4 is 11.1 Å². The molecule has 2 rings (SSSR count). The van der Waals surface area contributed by atoms with Crippen LogP contribution in [0.3, 0.4) is 0 Å². The van der Waals surface area contributed by atoms with Crippen molar-refractivity contribution in [3.8, 4) is 0 Å². The third-order valence-corrected chi connectivity index (χ3v) is 5.65. The number of nitrogens with zero attached hydrogens (tertiary/aromatic N) is 1. The van der Waals surface area contributed by atoms with Crippen LogP contribution in [0.1, 0.15) is 43.7 Å². The van der Waals surface area contributed by atoms with Gasteiger partial charge in [0.2, 0.25) is 5.91 Å². The molecule has 2 amide bonds. The molecule has 0 bridgehead atoms. The van der Waals surface area contributed by atoms with E-state index in [1.54, 1.807) is 38.1 Å². The van der Waals surface area contributed by atoms with Crippen molar-refractivity contribution in [2.24, 2.45) is 5.73 Å². The number of carboxylic acid groups (broad SMARTS) is 1. The average Bonchev–Trinajstić information content (AvgIpc) is 2.95. The zero-order chi connectivity index (χ0) is 18.6. The van der Waals surface area contributed by atoms with Gasteiger partial charge in [-0.05, 0) is 26.0 Å². The van der Waals surface area contributed by atoms with Crippen molar-refractivity contribution in [1.29, 1.82) is 0 Å². The molecule has 0 saturated heterocycles. The van der Waals surface area contributed by atoms with E-state index < -0.39 is 17.9 Å². The van der Waals surface area contributed by atoms with E-state index in [9.17, 15) is 14.4 Å². The number of primary amides is 1. The summed E-state index contributed by atoms with van der Waals surface area (Å²) in [5.74, 6) is -1.75. The van der Waals surface area contributed by atoms with Gasteiger partial charge < -0.3 is 16.2 Å². The van der Waals surface area contributed by atoms with Gasteiger partial charge in [0.05, 0.1) is 23.1 Å². The Kier molecular flexibility index (Phi) is 6.16. The van der Waals surface area contributed by atoms with Gasteiger partial charge in [-0.1, -0.05) is 12.1 Å². The molecule has 0 radical (unpaired) electrons. The Morgan fingerprint density at radius 3 is 2.64 bits per heavy atom. The highest BCUT2D eigenvalue weighted by Gasteiger charge is 2.20. The highest BCUT2D eigenvalue weighted by Crippen LogP contribution is 2.26. The highest BCUT2D eigenvalue weighted by molar-refractivity contribution is 8.00. The maximum atomic E-state index is 12.5. The van der Waals surface area contributed by atoms with Gasteiger partial charge in [0.1, 0.15) is 9.88 Å². The van der Waals surface area contributed by atoms with Crippen LogP contribution >= 0.6 is 23.1 Å². The number of carbonyl (C=O) groups excluding carboxylic acids is 2. The number of nitrogens with two attached hydrogens (primary N) is 1. The van der Waals surface area contributed by atoms with Crippen molar-refractivity contribution in [1.82, 2.24) is 10.3 Å². The molecule has 0 aliphatic carbocycles. The fourth-order valence-corrected chi connectivity index (χ4v) is 3.76. The molecule has 1 aromatic carbocycles. The average molecular weight is 379 g/mol. The number of thioether (sulfide) groups is 1. The van der Waals surface area contributed by atoms with Crippen LogP contribution in [0.2, 0.25) is 0 Å². The molecule has 25 heavy (non-hydrogen) atoms. The summed E-state index contributed by atoms with van der Waals surface area (Å²) < 4.78 is 0. The minimum Gasteiger partial charge on any atom is -0.477 e. The molecule has 0 aliphatic rings. The van der Waals surface area contributed by atoms with Gasteiger partial charge in [0.15, 0.2) is 0 Å². The Balaban J connectivity index is 2.15. The smallest absolute Gasteiger partial charge is 0.347 e. The maximum Gasteiger partial charge on any atom is 0.347 e. The third kappa shape index (κ3) is 4.80. The number of hydrogen-bond acceptors (Lipinski definition) is 6. The van der Waals surface area contributed by atoms with Gasteiger partial charge in [-0.2, -0.15) is 0 Å². The van der Waals surface area contributed by atoms with E-state index in [0.717, 1.165) is 11.3 Å². The number of aromatic nitrogens is 1. The molecule has 1 heterocycles. The van der Waals surface area contributed by atoms with Gasteiger partial charge in [0, 0.05) is 4.90 Å². The standard InChI is InChI=1S/C16H17N3O4S2/c1-8-13(16(22)23)25-15(19-8)9(2)18-14(21)10-5-3-4-6-11(10)24-7-12(17)20/h3-6,9H,7H2,1-2H3,(H2,17,20)(H,18,21)(H,22,23). The maximum absolute atomic E-state index is 12.5. The molecule has 1 unspecified atom stereocenters. The first-order valence-electron chi connectivity index (χ1n) is 7.31. The third-order valence-electron chi connectivity index (χ3n) is 3.23. The lowest BCUT2D eigenvalue weighted by molar-refractivity contribution is -0.115. The van der Waals surface area contributed by atoms with Crippen LogP contribution in [0.25, 0.3) is 0 Å². The molecule has 7 nitrogen and oxygen atoms in total. The van der Waals surface area contributed by atoms with Crippen LogP contribution in [-0.2, 0) is 4.79 Å². The fraction of sp³-hybridized carbons (Fsp3) is 0.250. The number of nitrogens with one attached hydrogen (secondary N) is 1. The molecular formula is C16H17N3O4S2. The summed E-state index contributed by atoms with van der Waals surface area (Å²) in [4.78, 5) is 39.6. The van der Waals surface area contributed by atoms with E-state index in [1.165, 1.54) is 11.8 Å². The summed E-state index contributed by atoms with van der Waals surface area (Å²) in [5, 5.41) is 12.4. The second-order valence-corrected chi connectivity index (χ2v) is 7.27. The molecule has 1 aromatic heterocycles. The van der Waals surface area contributed by atoms with Crippen LogP contribution in [0.5, 0.6) is 0 Å². The summed E-state index contributed by atoms with van der Waals surface area (Å²) >= 11 is 2.23. The molecule has 1 atom stereocenters. The molecule has 4 N–H and O–H groups in total. The number of carbonyl (C=O) groups is 3. The molecule has 0 aliphatic heterocycles. The Hall–Kier alpha value is -2.39. The van der Waals surface area contributed by atoms with Gasteiger partial charge in [-0.15, -0.1) is 23.1 Å². The number of amides is 2. The minimum atomic E-state index is -1.03. The lowest BCUT2D eigenvalue weighted by Gasteiger charge is -2.13. The van der Waals surface area contributed by atoms with Crippen molar-refractivity contribution < 1.29 is 19.5 Å². The molecule has 0 spiro atoms.